The number of nitrogens with one attached hydrogen (secondary N) is 1. The molecule has 0 saturated carbocycles. The first-order valence-electron chi connectivity index (χ1n) is 12.1. The Morgan fingerprint density at radius 2 is 1.58 bits per heavy atom. The highest BCUT2D eigenvalue weighted by Crippen LogP contribution is 2.40. The third-order valence-electron chi connectivity index (χ3n) is 7.02. The number of carbonyl (C=O) groups is 3. The van der Waals surface area contributed by atoms with Crippen LogP contribution >= 0.6 is 0 Å². The smallest absolute Gasteiger partial charge is 0.255 e. The minimum Gasteiger partial charge on any atom is -0.457 e. The third kappa shape index (κ3) is 4.54. The van der Waals surface area contributed by atoms with Crippen molar-refractivity contribution in [1.29, 1.82) is 0 Å². The van der Waals surface area contributed by atoms with Crippen molar-refractivity contribution in [2.45, 2.75) is 33.6 Å². The van der Waals surface area contributed by atoms with E-state index in [0.717, 1.165) is 16.9 Å². The average molecular weight is 481 g/mol. The summed E-state index contributed by atoms with van der Waals surface area (Å²) in [6.45, 7) is 6.08. The minimum absolute atomic E-state index is 0.186. The molecule has 36 heavy (non-hydrogen) atoms. The average Bonchev–Trinajstić information content (AvgIpc) is 3.11. The van der Waals surface area contributed by atoms with Crippen molar-refractivity contribution in [3.63, 3.8) is 0 Å². The maximum Gasteiger partial charge on any atom is 0.255 e. The summed E-state index contributed by atoms with van der Waals surface area (Å²) in [5.74, 6) is 0.0838. The van der Waals surface area contributed by atoms with Gasteiger partial charge in [0, 0.05) is 11.3 Å². The normalized spacial score (nSPS) is 19.1. The maximum absolute atomic E-state index is 13.0. The van der Waals surface area contributed by atoms with Gasteiger partial charge in [-0.25, -0.2) is 0 Å². The van der Waals surface area contributed by atoms with Gasteiger partial charge in [-0.15, -0.1) is 0 Å². The van der Waals surface area contributed by atoms with Crippen LogP contribution < -0.4 is 15.0 Å². The lowest BCUT2D eigenvalue weighted by atomic mass is 9.82. The molecule has 1 aliphatic heterocycles. The van der Waals surface area contributed by atoms with Crippen molar-refractivity contribution in [3.8, 4) is 11.5 Å². The van der Waals surface area contributed by atoms with Crippen LogP contribution in [0.2, 0.25) is 0 Å². The number of amides is 3. The number of imide groups is 1. The standard InChI is InChI=1S/C30H28N2O4/c1-18-7-14-26-27(15-18)30(35)32(29(26)34)23-6-4-5-21(17-23)28(33)31-22-9-12-24(13-10-22)36-25-11-8-19(2)20(3)16-25/h4-13,16-17,26-27H,14-15H2,1-3H3,(H,31,33)/t26-,27-/m1/s1. The molecule has 0 spiro atoms. The number of allylic oxidation sites excluding steroid dienone is 2. The number of fused-ring (bicyclic) bond motifs is 1. The summed E-state index contributed by atoms with van der Waals surface area (Å²) in [6.07, 6.45) is 3.23. The predicted octanol–water partition coefficient (Wildman–Crippen LogP) is 6.19. The second kappa shape index (κ2) is 9.46. The Labute approximate surface area is 210 Å². The molecular formula is C30H28N2O4. The fourth-order valence-electron chi connectivity index (χ4n) is 4.80. The predicted molar refractivity (Wildman–Crippen MR) is 139 cm³/mol. The van der Waals surface area contributed by atoms with Gasteiger partial charge in [0.2, 0.25) is 11.8 Å². The van der Waals surface area contributed by atoms with E-state index in [2.05, 4.69) is 12.2 Å². The first-order valence-corrected chi connectivity index (χ1v) is 12.1. The second-order valence-electron chi connectivity index (χ2n) is 9.59. The Morgan fingerprint density at radius 3 is 2.33 bits per heavy atom. The van der Waals surface area contributed by atoms with E-state index < -0.39 is 0 Å². The van der Waals surface area contributed by atoms with Crippen LogP contribution in [0.3, 0.4) is 0 Å². The first-order chi connectivity index (χ1) is 17.3. The van der Waals surface area contributed by atoms with Crippen LogP contribution in [0.5, 0.6) is 11.5 Å². The van der Waals surface area contributed by atoms with Crippen molar-refractivity contribution in [3.05, 3.63) is 95.1 Å². The van der Waals surface area contributed by atoms with Gasteiger partial charge in [0.25, 0.3) is 5.91 Å². The van der Waals surface area contributed by atoms with E-state index in [1.807, 2.05) is 38.1 Å². The number of anilines is 2. The van der Waals surface area contributed by atoms with Gasteiger partial charge in [-0.1, -0.05) is 23.8 Å². The number of carbonyl (C=O) groups excluding carboxylic acids is 3. The number of nitrogens with zero attached hydrogens (tertiary/aromatic N) is 1. The molecule has 3 aromatic rings. The van der Waals surface area contributed by atoms with Gasteiger partial charge in [0.15, 0.2) is 0 Å². The lowest BCUT2D eigenvalue weighted by Crippen LogP contribution is -2.31. The molecule has 0 unspecified atom stereocenters. The summed E-state index contributed by atoms with van der Waals surface area (Å²) < 4.78 is 5.91. The Kier molecular flexibility index (Phi) is 6.18. The van der Waals surface area contributed by atoms with E-state index in [4.69, 9.17) is 4.74 Å². The Morgan fingerprint density at radius 1 is 0.861 bits per heavy atom. The summed E-state index contributed by atoms with van der Waals surface area (Å²) in [6, 6.07) is 19.7. The van der Waals surface area contributed by atoms with E-state index in [0.29, 0.717) is 35.5 Å². The zero-order chi connectivity index (χ0) is 25.4. The molecular weight excluding hydrogens is 452 g/mol. The van der Waals surface area contributed by atoms with Crippen molar-refractivity contribution >= 4 is 29.1 Å². The highest BCUT2D eigenvalue weighted by Gasteiger charge is 2.48. The van der Waals surface area contributed by atoms with E-state index in [9.17, 15) is 14.4 Å². The van der Waals surface area contributed by atoms with Crippen LogP contribution in [0.4, 0.5) is 11.4 Å². The number of rotatable bonds is 5. The monoisotopic (exact) mass is 480 g/mol. The summed E-state index contributed by atoms with van der Waals surface area (Å²) in [4.78, 5) is 40.2. The summed E-state index contributed by atoms with van der Waals surface area (Å²) in [5.41, 5.74) is 4.90. The quantitative estimate of drug-likeness (QED) is 0.349. The van der Waals surface area contributed by atoms with Crippen molar-refractivity contribution in [2.75, 3.05) is 10.2 Å². The Balaban J connectivity index is 1.27. The van der Waals surface area contributed by atoms with Crippen LogP contribution in [0.15, 0.2) is 78.4 Å². The van der Waals surface area contributed by atoms with Gasteiger partial charge in [-0.05, 0) is 99.3 Å². The molecule has 1 fully saturated rings. The van der Waals surface area contributed by atoms with Gasteiger partial charge in [-0.2, -0.15) is 0 Å². The fraction of sp³-hybridized carbons (Fsp3) is 0.233. The van der Waals surface area contributed by atoms with E-state index in [1.54, 1.807) is 48.5 Å². The molecule has 1 saturated heterocycles. The number of hydrogen-bond donors (Lipinski definition) is 1. The van der Waals surface area contributed by atoms with Crippen LogP contribution in [0, 0.1) is 25.7 Å². The van der Waals surface area contributed by atoms with Crippen LogP contribution in [0.1, 0.15) is 41.3 Å². The molecule has 3 amide bonds. The zero-order valence-corrected chi connectivity index (χ0v) is 20.6. The largest absolute Gasteiger partial charge is 0.457 e. The molecule has 0 aromatic heterocycles. The highest BCUT2D eigenvalue weighted by atomic mass is 16.5. The Hall–Kier alpha value is -4.19. The molecule has 182 valence electrons. The maximum atomic E-state index is 13.0. The first kappa shape index (κ1) is 23.5. The van der Waals surface area contributed by atoms with Crippen LogP contribution in [-0.4, -0.2) is 17.7 Å². The zero-order valence-electron chi connectivity index (χ0n) is 20.6. The number of aryl methyl sites for hydroxylation is 2. The van der Waals surface area contributed by atoms with E-state index in [-0.39, 0.29) is 29.6 Å². The molecule has 1 N–H and O–H groups in total. The molecule has 1 heterocycles. The topological polar surface area (TPSA) is 75.7 Å². The van der Waals surface area contributed by atoms with Gasteiger partial charge in [-0.3, -0.25) is 19.3 Å². The van der Waals surface area contributed by atoms with Crippen molar-refractivity contribution in [2.24, 2.45) is 11.8 Å². The summed E-state index contributed by atoms with van der Waals surface area (Å²) in [5, 5.41) is 2.87. The molecule has 3 aromatic carbocycles. The second-order valence-corrected chi connectivity index (χ2v) is 9.59. The lowest BCUT2D eigenvalue weighted by molar-refractivity contribution is -0.122. The van der Waals surface area contributed by atoms with Gasteiger partial charge >= 0.3 is 0 Å². The number of hydrogen-bond acceptors (Lipinski definition) is 4. The van der Waals surface area contributed by atoms with Crippen molar-refractivity contribution in [1.82, 2.24) is 0 Å². The third-order valence-corrected chi connectivity index (χ3v) is 7.02. The van der Waals surface area contributed by atoms with Crippen LogP contribution in [0.25, 0.3) is 0 Å². The number of ether oxygens (including phenoxy) is 1. The summed E-state index contributed by atoms with van der Waals surface area (Å²) in [7, 11) is 0. The number of benzene rings is 3. The molecule has 2 aliphatic rings. The molecule has 6 nitrogen and oxygen atoms in total. The lowest BCUT2D eigenvalue weighted by Gasteiger charge is -2.18. The van der Waals surface area contributed by atoms with E-state index in [1.165, 1.54) is 10.5 Å². The SMILES string of the molecule is CC1=CC[C@H]2C(=O)N(c3cccc(C(=O)Nc4ccc(Oc5ccc(C)c(C)c5)cc4)c3)C(=O)[C@@H]2C1. The summed E-state index contributed by atoms with van der Waals surface area (Å²) >= 11 is 0. The Bertz CT molecular complexity index is 1390. The van der Waals surface area contributed by atoms with Gasteiger partial charge in [0.05, 0.1) is 17.5 Å². The van der Waals surface area contributed by atoms with E-state index >= 15 is 0 Å². The fourth-order valence-corrected chi connectivity index (χ4v) is 4.80. The van der Waals surface area contributed by atoms with Crippen molar-refractivity contribution < 1.29 is 19.1 Å². The van der Waals surface area contributed by atoms with Gasteiger partial charge < -0.3 is 10.1 Å². The van der Waals surface area contributed by atoms with Crippen LogP contribution in [-0.2, 0) is 9.59 Å². The molecule has 1 aliphatic carbocycles. The molecule has 0 bridgehead atoms. The molecule has 2 atom stereocenters. The highest BCUT2D eigenvalue weighted by molar-refractivity contribution is 6.22. The molecule has 6 heteroatoms. The molecule has 5 rings (SSSR count). The van der Waals surface area contributed by atoms with Gasteiger partial charge in [0.1, 0.15) is 11.5 Å². The molecule has 0 radical (unpaired) electrons. The minimum atomic E-state index is -0.325.